The molecule has 1 aromatic carbocycles. The van der Waals surface area contributed by atoms with E-state index in [1.807, 2.05) is 0 Å². The van der Waals surface area contributed by atoms with Crippen LogP contribution in [0.25, 0.3) is 0 Å². The molecule has 1 saturated carbocycles. The Morgan fingerprint density at radius 3 is 2.23 bits per heavy atom. The largest absolute Gasteiger partial charge is 0.465 e. The Balaban J connectivity index is 2.35. The van der Waals surface area contributed by atoms with E-state index in [2.05, 4.69) is 6.92 Å². The number of halogens is 3. The van der Waals surface area contributed by atoms with Crippen LogP contribution in [0.1, 0.15) is 50.7 Å². The monoisotopic (exact) mass is 314 g/mol. The Labute approximate surface area is 128 Å². The van der Waals surface area contributed by atoms with Crippen LogP contribution in [0.3, 0.4) is 0 Å². The van der Waals surface area contributed by atoms with E-state index in [0.29, 0.717) is 24.3 Å². The highest BCUT2D eigenvalue weighted by atomic mass is 19.4. The molecule has 0 unspecified atom stereocenters. The number of ether oxygens (including phenoxy) is 1. The number of hydrogen-bond acceptors (Lipinski definition) is 2. The predicted molar refractivity (Wildman–Crippen MR) is 77.4 cm³/mol. The molecule has 0 spiro atoms. The van der Waals surface area contributed by atoms with Crippen molar-refractivity contribution >= 4 is 5.97 Å². The first kappa shape index (κ1) is 16.8. The van der Waals surface area contributed by atoms with Gasteiger partial charge in [-0.15, -0.1) is 0 Å². The molecule has 1 aliphatic carbocycles. The van der Waals surface area contributed by atoms with Crippen molar-refractivity contribution in [2.45, 2.75) is 51.1 Å². The lowest BCUT2D eigenvalue weighted by molar-refractivity contribution is -0.152. The first-order chi connectivity index (χ1) is 10.3. The molecule has 0 heterocycles. The van der Waals surface area contributed by atoms with Gasteiger partial charge in [0.2, 0.25) is 0 Å². The highest BCUT2D eigenvalue weighted by Gasteiger charge is 2.44. The number of alkyl halides is 3. The van der Waals surface area contributed by atoms with Crippen LogP contribution in [0.2, 0.25) is 0 Å². The van der Waals surface area contributed by atoms with Crippen molar-refractivity contribution in [3.63, 3.8) is 0 Å². The molecule has 1 fully saturated rings. The molecule has 0 radical (unpaired) electrons. The van der Waals surface area contributed by atoms with E-state index < -0.39 is 17.2 Å². The SMILES string of the molecule is CCOC(=O)C1(c2ccc(C(F)(F)F)cc2)CCC(C)CC1. The summed E-state index contributed by atoms with van der Waals surface area (Å²) >= 11 is 0. The van der Waals surface area contributed by atoms with Crippen molar-refractivity contribution in [2.75, 3.05) is 6.61 Å². The Kier molecular flexibility index (Phi) is 4.83. The number of rotatable bonds is 3. The van der Waals surface area contributed by atoms with Crippen molar-refractivity contribution in [1.82, 2.24) is 0 Å². The zero-order valence-electron chi connectivity index (χ0n) is 12.9. The molecule has 122 valence electrons. The summed E-state index contributed by atoms with van der Waals surface area (Å²) < 4.78 is 43.3. The Morgan fingerprint density at radius 1 is 1.23 bits per heavy atom. The molecule has 1 aliphatic rings. The lowest BCUT2D eigenvalue weighted by atomic mass is 9.67. The van der Waals surface area contributed by atoms with Crippen LogP contribution in [-0.4, -0.2) is 12.6 Å². The van der Waals surface area contributed by atoms with Crippen LogP contribution < -0.4 is 0 Å². The summed E-state index contributed by atoms with van der Waals surface area (Å²) in [6, 6.07) is 4.95. The average Bonchev–Trinajstić information content (AvgIpc) is 2.48. The van der Waals surface area contributed by atoms with E-state index in [4.69, 9.17) is 4.74 Å². The minimum absolute atomic E-state index is 0.275. The van der Waals surface area contributed by atoms with E-state index >= 15 is 0 Å². The highest BCUT2D eigenvalue weighted by molar-refractivity contribution is 5.83. The van der Waals surface area contributed by atoms with Crippen molar-refractivity contribution in [3.8, 4) is 0 Å². The van der Waals surface area contributed by atoms with Crippen LogP contribution in [0, 0.1) is 5.92 Å². The number of esters is 1. The summed E-state index contributed by atoms with van der Waals surface area (Å²) in [6.07, 6.45) is -1.37. The quantitative estimate of drug-likeness (QED) is 0.755. The van der Waals surface area contributed by atoms with Crippen LogP contribution in [-0.2, 0) is 21.1 Å². The summed E-state index contributed by atoms with van der Waals surface area (Å²) in [7, 11) is 0. The fourth-order valence-electron chi connectivity index (χ4n) is 3.11. The van der Waals surface area contributed by atoms with Gasteiger partial charge in [0.15, 0.2) is 0 Å². The van der Waals surface area contributed by atoms with Crippen molar-refractivity contribution in [1.29, 1.82) is 0 Å². The zero-order chi connectivity index (χ0) is 16.4. The summed E-state index contributed by atoms with van der Waals surface area (Å²) in [4.78, 5) is 12.5. The van der Waals surface area contributed by atoms with Gasteiger partial charge in [0.05, 0.1) is 17.6 Å². The molecule has 5 heteroatoms. The van der Waals surface area contributed by atoms with Crippen molar-refractivity contribution in [2.24, 2.45) is 5.92 Å². The van der Waals surface area contributed by atoms with Gasteiger partial charge in [-0.1, -0.05) is 19.1 Å². The lowest BCUT2D eigenvalue weighted by Crippen LogP contribution is -2.40. The molecule has 0 aliphatic heterocycles. The number of benzene rings is 1. The van der Waals surface area contributed by atoms with Gasteiger partial charge in [-0.25, -0.2) is 0 Å². The second-order valence-electron chi connectivity index (χ2n) is 6.06. The van der Waals surface area contributed by atoms with Crippen LogP contribution >= 0.6 is 0 Å². The van der Waals surface area contributed by atoms with Crippen molar-refractivity contribution in [3.05, 3.63) is 35.4 Å². The number of hydrogen-bond donors (Lipinski definition) is 0. The van der Waals surface area contributed by atoms with E-state index in [1.54, 1.807) is 6.92 Å². The molecule has 1 aromatic rings. The van der Waals surface area contributed by atoms with E-state index in [-0.39, 0.29) is 12.6 Å². The van der Waals surface area contributed by atoms with Gasteiger partial charge in [-0.05, 0) is 56.2 Å². The summed E-state index contributed by atoms with van der Waals surface area (Å²) in [6.45, 7) is 4.14. The first-order valence-electron chi connectivity index (χ1n) is 7.64. The van der Waals surface area contributed by atoms with Gasteiger partial charge >= 0.3 is 12.1 Å². The van der Waals surface area contributed by atoms with E-state index in [9.17, 15) is 18.0 Å². The Bertz CT molecular complexity index is 512. The fraction of sp³-hybridized carbons (Fsp3) is 0.588. The van der Waals surface area contributed by atoms with E-state index in [0.717, 1.165) is 25.0 Å². The molecule has 0 amide bonds. The predicted octanol–water partition coefficient (Wildman–Crippen LogP) is 4.72. The first-order valence-corrected chi connectivity index (χ1v) is 7.64. The van der Waals surface area contributed by atoms with Gasteiger partial charge in [0, 0.05) is 0 Å². The minimum Gasteiger partial charge on any atom is -0.465 e. The molecule has 0 bridgehead atoms. The molecule has 0 atom stereocenters. The second-order valence-corrected chi connectivity index (χ2v) is 6.06. The molecule has 0 saturated heterocycles. The number of carbonyl (C=O) groups is 1. The Morgan fingerprint density at radius 2 is 1.77 bits per heavy atom. The van der Waals surface area contributed by atoms with Gasteiger partial charge in [0.1, 0.15) is 0 Å². The maximum absolute atomic E-state index is 12.7. The van der Waals surface area contributed by atoms with Gasteiger partial charge in [0.25, 0.3) is 0 Å². The molecule has 2 rings (SSSR count). The van der Waals surface area contributed by atoms with Gasteiger partial charge < -0.3 is 4.74 Å². The lowest BCUT2D eigenvalue weighted by Gasteiger charge is -2.37. The summed E-state index contributed by atoms with van der Waals surface area (Å²) in [5.41, 5.74) is -0.864. The molecule has 22 heavy (non-hydrogen) atoms. The van der Waals surface area contributed by atoms with Crippen LogP contribution in [0.15, 0.2) is 24.3 Å². The standard InChI is InChI=1S/C17H21F3O2/c1-3-22-15(21)16(10-8-12(2)9-11-16)13-4-6-14(7-5-13)17(18,19)20/h4-7,12H,3,8-11H2,1-2H3. The maximum atomic E-state index is 12.7. The Hall–Kier alpha value is -1.52. The summed E-state index contributed by atoms with van der Waals surface area (Å²) in [5, 5.41) is 0. The molecule has 0 aromatic heterocycles. The average molecular weight is 314 g/mol. The third-order valence-electron chi connectivity index (χ3n) is 4.56. The van der Waals surface area contributed by atoms with Gasteiger partial charge in [-0.3, -0.25) is 4.79 Å². The van der Waals surface area contributed by atoms with Crippen LogP contribution in [0.5, 0.6) is 0 Å². The van der Waals surface area contributed by atoms with Gasteiger partial charge in [-0.2, -0.15) is 13.2 Å². The van der Waals surface area contributed by atoms with Crippen LogP contribution in [0.4, 0.5) is 13.2 Å². The minimum atomic E-state index is -4.36. The molecular weight excluding hydrogens is 293 g/mol. The maximum Gasteiger partial charge on any atom is 0.416 e. The topological polar surface area (TPSA) is 26.3 Å². The smallest absolute Gasteiger partial charge is 0.416 e. The third-order valence-corrected chi connectivity index (χ3v) is 4.56. The normalized spacial score (nSPS) is 25.8. The molecule has 0 N–H and O–H groups in total. The molecular formula is C17H21F3O2. The summed E-state index contributed by atoms with van der Waals surface area (Å²) in [5.74, 6) is 0.207. The van der Waals surface area contributed by atoms with E-state index in [1.165, 1.54) is 12.1 Å². The third kappa shape index (κ3) is 3.28. The zero-order valence-corrected chi connectivity index (χ0v) is 12.9. The fourth-order valence-corrected chi connectivity index (χ4v) is 3.11. The van der Waals surface area contributed by atoms with Crippen molar-refractivity contribution < 1.29 is 22.7 Å². The number of carbonyl (C=O) groups excluding carboxylic acids is 1. The highest BCUT2D eigenvalue weighted by Crippen LogP contribution is 2.43. The molecule has 2 nitrogen and oxygen atoms in total. The second kappa shape index (κ2) is 6.31.